The van der Waals surface area contributed by atoms with E-state index in [2.05, 4.69) is 11.9 Å². The summed E-state index contributed by atoms with van der Waals surface area (Å²) >= 11 is 0. The van der Waals surface area contributed by atoms with Crippen molar-refractivity contribution in [3.05, 3.63) is 48.2 Å². The molecule has 19 heavy (non-hydrogen) atoms. The molecular weight excluding hydrogens is 246 g/mol. The fourth-order valence-corrected chi connectivity index (χ4v) is 1.57. The molecule has 0 aliphatic carbocycles. The monoisotopic (exact) mass is 263 g/mol. The van der Waals surface area contributed by atoms with E-state index in [4.69, 9.17) is 4.74 Å². The van der Waals surface area contributed by atoms with E-state index in [-0.39, 0.29) is 13.0 Å². The Labute approximate surface area is 111 Å². The number of esters is 1. The zero-order valence-corrected chi connectivity index (χ0v) is 10.8. The van der Waals surface area contributed by atoms with Gasteiger partial charge in [-0.15, -0.1) is 0 Å². The van der Waals surface area contributed by atoms with Crippen molar-refractivity contribution in [2.45, 2.75) is 19.4 Å². The summed E-state index contributed by atoms with van der Waals surface area (Å²) in [6.07, 6.45) is -0.0511. The first-order valence-corrected chi connectivity index (χ1v) is 5.92. The van der Waals surface area contributed by atoms with Crippen molar-refractivity contribution >= 4 is 11.9 Å². The van der Waals surface area contributed by atoms with Gasteiger partial charge in [0.25, 0.3) is 0 Å². The molecule has 1 unspecified atom stereocenters. The summed E-state index contributed by atoms with van der Waals surface area (Å²) in [4.78, 5) is 22.5. The molecule has 1 rings (SSSR count). The zero-order chi connectivity index (χ0) is 14.3. The van der Waals surface area contributed by atoms with Crippen molar-refractivity contribution < 1.29 is 19.4 Å². The van der Waals surface area contributed by atoms with Gasteiger partial charge in [-0.3, -0.25) is 4.79 Å². The molecule has 0 fully saturated rings. The van der Waals surface area contributed by atoms with Crippen LogP contribution in [0.3, 0.4) is 0 Å². The van der Waals surface area contributed by atoms with Crippen LogP contribution in [0.15, 0.2) is 42.6 Å². The fraction of sp³-hybridized carbons (Fsp3) is 0.286. The lowest BCUT2D eigenvalue weighted by atomic mass is 10.1. The minimum absolute atomic E-state index is 0.0511. The highest BCUT2D eigenvalue weighted by molar-refractivity contribution is 5.76. The molecule has 0 spiro atoms. The molecule has 102 valence electrons. The lowest BCUT2D eigenvalue weighted by molar-refractivity contribution is -0.143. The summed E-state index contributed by atoms with van der Waals surface area (Å²) < 4.78 is 4.77. The molecule has 0 saturated carbocycles. The second-order valence-corrected chi connectivity index (χ2v) is 3.91. The van der Waals surface area contributed by atoms with Gasteiger partial charge in [0, 0.05) is 5.70 Å². The first kappa shape index (κ1) is 14.8. The summed E-state index contributed by atoms with van der Waals surface area (Å²) in [6, 6.07) is 7.77. The van der Waals surface area contributed by atoms with Crippen molar-refractivity contribution in [2.75, 3.05) is 6.61 Å². The Morgan fingerprint density at radius 1 is 1.37 bits per heavy atom. The van der Waals surface area contributed by atoms with Gasteiger partial charge in [0.15, 0.2) is 0 Å². The van der Waals surface area contributed by atoms with Crippen molar-refractivity contribution in [3.63, 3.8) is 0 Å². The lowest BCUT2D eigenvalue weighted by Gasteiger charge is -2.17. The van der Waals surface area contributed by atoms with Gasteiger partial charge in [0.05, 0.1) is 13.0 Å². The molecule has 0 heterocycles. The normalized spacial score (nSPS) is 11.4. The first-order valence-electron chi connectivity index (χ1n) is 5.92. The van der Waals surface area contributed by atoms with Crippen LogP contribution in [0.25, 0.3) is 0 Å². The molecule has 1 atom stereocenters. The van der Waals surface area contributed by atoms with E-state index in [9.17, 15) is 14.7 Å². The third kappa shape index (κ3) is 4.83. The molecule has 0 aromatic heterocycles. The molecule has 5 nitrogen and oxygen atoms in total. The van der Waals surface area contributed by atoms with Crippen LogP contribution in [0.5, 0.6) is 0 Å². The van der Waals surface area contributed by atoms with Gasteiger partial charge in [-0.05, 0) is 12.5 Å². The number of hydrogen-bond donors (Lipinski definition) is 2. The van der Waals surface area contributed by atoms with Gasteiger partial charge in [0.1, 0.15) is 6.04 Å². The Morgan fingerprint density at radius 2 is 2.00 bits per heavy atom. The number of nitrogens with one attached hydrogen (secondary N) is 1. The Morgan fingerprint density at radius 3 is 2.53 bits per heavy atom. The summed E-state index contributed by atoms with van der Waals surface area (Å²) in [5, 5.41) is 11.9. The van der Waals surface area contributed by atoms with Gasteiger partial charge in [-0.1, -0.05) is 36.9 Å². The van der Waals surface area contributed by atoms with E-state index >= 15 is 0 Å². The van der Waals surface area contributed by atoms with Gasteiger partial charge in [-0.25, -0.2) is 4.79 Å². The van der Waals surface area contributed by atoms with Gasteiger partial charge in [0.2, 0.25) is 0 Å². The molecule has 2 N–H and O–H groups in total. The number of carbonyl (C=O) groups excluding carboxylic acids is 1. The highest BCUT2D eigenvalue weighted by Gasteiger charge is 2.20. The first-order chi connectivity index (χ1) is 9.04. The second kappa shape index (κ2) is 7.20. The Kier molecular flexibility index (Phi) is 5.60. The maximum absolute atomic E-state index is 11.3. The number of carboxylic acids is 1. The minimum atomic E-state index is -1.03. The number of hydrogen-bond acceptors (Lipinski definition) is 4. The summed E-state index contributed by atoms with van der Waals surface area (Å²) in [6.45, 7) is 5.64. The van der Waals surface area contributed by atoms with Crippen LogP contribution in [-0.4, -0.2) is 23.7 Å². The van der Waals surface area contributed by atoms with E-state index in [0.717, 1.165) is 0 Å². The van der Waals surface area contributed by atoms with Gasteiger partial charge in [-0.2, -0.15) is 0 Å². The van der Waals surface area contributed by atoms with Crippen LogP contribution in [-0.2, 0) is 14.3 Å². The largest absolute Gasteiger partial charge is 0.479 e. The summed E-state index contributed by atoms with van der Waals surface area (Å²) in [7, 11) is 0. The maximum atomic E-state index is 11.3. The maximum Gasteiger partial charge on any atom is 0.330 e. The molecule has 0 bridgehead atoms. The molecule has 0 aliphatic heterocycles. The number of carboxylic acid groups (broad SMARTS) is 1. The average Bonchev–Trinajstić information content (AvgIpc) is 2.37. The lowest BCUT2D eigenvalue weighted by Crippen LogP contribution is -2.28. The standard InChI is InChI=1S/C14H17NO4/c1-3-19-12(16)9-10(2)15-13(14(17)18)11-7-5-4-6-8-11/h4-8,13,15H,2-3,9H2,1H3,(H,17,18). The Bertz CT molecular complexity index is 456. The number of ether oxygens (including phenoxy) is 1. The van der Waals surface area contributed by atoms with Crippen molar-refractivity contribution in [1.29, 1.82) is 0 Å². The van der Waals surface area contributed by atoms with Crippen molar-refractivity contribution in [3.8, 4) is 0 Å². The highest BCUT2D eigenvalue weighted by Crippen LogP contribution is 2.15. The van der Waals surface area contributed by atoms with Crippen LogP contribution >= 0.6 is 0 Å². The number of rotatable bonds is 7. The highest BCUT2D eigenvalue weighted by atomic mass is 16.5. The topological polar surface area (TPSA) is 75.6 Å². The van der Waals surface area contributed by atoms with Crippen molar-refractivity contribution in [2.24, 2.45) is 0 Å². The van der Waals surface area contributed by atoms with E-state index in [1.807, 2.05) is 0 Å². The second-order valence-electron chi connectivity index (χ2n) is 3.91. The van der Waals surface area contributed by atoms with Crippen LogP contribution in [0, 0.1) is 0 Å². The predicted octanol–water partition coefficient (Wildman–Crippen LogP) is 1.87. The molecule has 5 heteroatoms. The number of carbonyl (C=O) groups is 2. The van der Waals surface area contributed by atoms with Crippen LogP contribution < -0.4 is 5.32 Å². The fourth-order valence-electron chi connectivity index (χ4n) is 1.57. The third-order valence-corrected chi connectivity index (χ3v) is 2.39. The van der Waals surface area contributed by atoms with Gasteiger partial charge >= 0.3 is 11.9 Å². The van der Waals surface area contributed by atoms with E-state index in [1.165, 1.54) is 0 Å². The zero-order valence-electron chi connectivity index (χ0n) is 10.8. The molecule has 1 aromatic carbocycles. The summed E-state index contributed by atoms with van der Waals surface area (Å²) in [5.74, 6) is -1.46. The molecule has 0 radical (unpaired) electrons. The number of benzene rings is 1. The van der Waals surface area contributed by atoms with Crippen LogP contribution in [0.1, 0.15) is 24.9 Å². The summed E-state index contributed by atoms with van der Waals surface area (Å²) in [5.41, 5.74) is 0.912. The Hall–Kier alpha value is -2.30. The third-order valence-electron chi connectivity index (χ3n) is 2.39. The quantitative estimate of drug-likeness (QED) is 0.734. The van der Waals surface area contributed by atoms with E-state index < -0.39 is 18.0 Å². The number of aliphatic carboxylic acids is 1. The smallest absolute Gasteiger partial charge is 0.330 e. The van der Waals surface area contributed by atoms with E-state index in [1.54, 1.807) is 37.3 Å². The van der Waals surface area contributed by atoms with Crippen LogP contribution in [0.4, 0.5) is 0 Å². The molecule has 0 aliphatic rings. The SMILES string of the molecule is C=C(CC(=O)OCC)NC(C(=O)O)c1ccccc1. The molecule has 0 saturated heterocycles. The van der Waals surface area contributed by atoms with Gasteiger partial charge < -0.3 is 15.2 Å². The molecular formula is C14H17NO4. The molecule has 1 aromatic rings. The Balaban J connectivity index is 2.68. The predicted molar refractivity (Wildman–Crippen MR) is 70.3 cm³/mol. The van der Waals surface area contributed by atoms with Crippen LogP contribution in [0.2, 0.25) is 0 Å². The van der Waals surface area contributed by atoms with E-state index in [0.29, 0.717) is 11.3 Å². The average molecular weight is 263 g/mol. The minimum Gasteiger partial charge on any atom is -0.479 e. The molecule has 0 amide bonds. The van der Waals surface area contributed by atoms with Crippen molar-refractivity contribution in [1.82, 2.24) is 5.32 Å².